The fourth-order valence-corrected chi connectivity index (χ4v) is 3.52. The van der Waals surface area contributed by atoms with Gasteiger partial charge < -0.3 is 10.6 Å². The third-order valence-corrected chi connectivity index (χ3v) is 5.11. The zero-order valence-electron chi connectivity index (χ0n) is 14.8. The monoisotopic (exact) mass is 370 g/mol. The first-order valence-electron chi connectivity index (χ1n) is 8.98. The van der Waals surface area contributed by atoms with Crippen molar-refractivity contribution in [2.75, 3.05) is 6.54 Å². The van der Waals surface area contributed by atoms with Gasteiger partial charge in [0.15, 0.2) is 0 Å². The number of benzene rings is 2. The first-order valence-corrected chi connectivity index (χ1v) is 9.36. The molecule has 1 aliphatic carbocycles. The Morgan fingerprint density at radius 1 is 1.08 bits per heavy atom. The molecule has 2 aromatic rings. The molecule has 136 valence electrons. The largest absolute Gasteiger partial charge is 0.348 e. The van der Waals surface area contributed by atoms with Gasteiger partial charge in [0.2, 0.25) is 5.91 Å². The number of hydrogen-bond donors (Lipinski definition) is 2. The predicted molar refractivity (Wildman–Crippen MR) is 103 cm³/mol. The lowest BCUT2D eigenvalue weighted by Crippen LogP contribution is -2.38. The average Bonchev–Trinajstić information content (AvgIpc) is 2.66. The highest BCUT2D eigenvalue weighted by Gasteiger charge is 2.15. The van der Waals surface area contributed by atoms with E-state index in [1.165, 1.54) is 24.0 Å². The van der Waals surface area contributed by atoms with Crippen molar-refractivity contribution in [2.45, 2.75) is 38.6 Å². The fourth-order valence-electron chi connectivity index (χ4n) is 3.30. The molecule has 1 atom stereocenters. The van der Waals surface area contributed by atoms with Crippen molar-refractivity contribution in [2.24, 2.45) is 0 Å². The summed E-state index contributed by atoms with van der Waals surface area (Å²) in [7, 11) is 0. The van der Waals surface area contributed by atoms with Gasteiger partial charge in [-0.1, -0.05) is 41.9 Å². The average molecular weight is 371 g/mol. The van der Waals surface area contributed by atoms with Gasteiger partial charge in [-0.25, -0.2) is 0 Å². The van der Waals surface area contributed by atoms with E-state index in [2.05, 4.69) is 28.8 Å². The van der Waals surface area contributed by atoms with Crippen molar-refractivity contribution >= 4 is 23.4 Å². The zero-order chi connectivity index (χ0) is 18.5. The Balaban J connectivity index is 1.54. The van der Waals surface area contributed by atoms with Gasteiger partial charge in [-0.05, 0) is 61.4 Å². The molecule has 5 heteroatoms. The first kappa shape index (κ1) is 18.5. The van der Waals surface area contributed by atoms with Crippen LogP contribution in [0.2, 0.25) is 5.02 Å². The fraction of sp³-hybridized carbons (Fsp3) is 0.333. The van der Waals surface area contributed by atoms with E-state index in [-0.39, 0.29) is 24.4 Å². The minimum Gasteiger partial charge on any atom is -0.348 e. The number of carbonyl (C=O) groups is 2. The molecule has 0 saturated heterocycles. The molecule has 0 radical (unpaired) electrons. The van der Waals surface area contributed by atoms with Gasteiger partial charge in [0.25, 0.3) is 5.91 Å². The molecule has 2 aromatic carbocycles. The number of rotatable bonds is 5. The smallest absolute Gasteiger partial charge is 0.253 e. The Morgan fingerprint density at radius 3 is 2.58 bits per heavy atom. The van der Waals surface area contributed by atoms with E-state index in [1.54, 1.807) is 24.3 Å². The summed E-state index contributed by atoms with van der Waals surface area (Å²) in [6.45, 7) is 1.87. The van der Waals surface area contributed by atoms with Gasteiger partial charge >= 0.3 is 0 Å². The summed E-state index contributed by atoms with van der Waals surface area (Å²) in [5.41, 5.74) is 4.27. The quantitative estimate of drug-likeness (QED) is 0.840. The summed E-state index contributed by atoms with van der Waals surface area (Å²) in [5, 5.41) is 5.92. The van der Waals surface area contributed by atoms with Crippen molar-refractivity contribution in [3.8, 4) is 0 Å². The highest BCUT2D eigenvalue weighted by Crippen LogP contribution is 2.24. The molecule has 4 nitrogen and oxygen atoms in total. The standard InChI is InChI=1S/C21H23ClN2O2/c1-14(16-11-10-15-6-2-3-7-17(15)12-16)24-20(25)13-23-21(26)18-8-4-5-9-19(18)22/h4-5,8-12,14H,2-3,6-7,13H2,1H3,(H,23,26)(H,24,25). The van der Waals surface area contributed by atoms with E-state index in [1.807, 2.05) is 6.92 Å². The molecule has 0 spiro atoms. The van der Waals surface area contributed by atoms with E-state index in [9.17, 15) is 9.59 Å². The van der Waals surface area contributed by atoms with Crippen molar-refractivity contribution in [3.63, 3.8) is 0 Å². The zero-order valence-corrected chi connectivity index (χ0v) is 15.6. The number of carbonyl (C=O) groups excluding carboxylic acids is 2. The topological polar surface area (TPSA) is 58.2 Å². The maximum Gasteiger partial charge on any atom is 0.253 e. The van der Waals surface area contributed by atoms with E-state index in [4.69, 9.17) is 11.6 Å². The van der Waals surface area contributed by atoms with Gasteiger partial charge in [-0.3, -0.25) is 9.59 Å². The van der Waals surface area contributed by atoms with Crippen LogP contribution >= 0.6 is 11.6 Å². The summed E-state index contributed by atoms with van der Waals surface area (Å²) >= 11 is 6.00. The van der Waals surface area contributed by atoms with Crippen molar-refractivity contribution in [1.82, 2.24) is 10.6 Å². The van der Waals surface area contributed by atoms with Crippen molar-refractivity contribution in [3.05, 3.63) is 69.7 Å². The molecule has 26 heavy (non-hydrogen) atoms. The Morgan fingerprint density at radius 2 is 1.81 bits per heavy atom. The Kier molecular flexibility index (Phi) is 5.94. The molecule has 0 aromatic heterocycles. The third kappa shape index (κ3) is 4.44. The molecule has 3 rings (SSSR count). The van der Waals surface area contributed by atoms with Gasteiger partial charge in [-0.2, -0.15) is 0 Å². The second-order valence-corrected chi connectivity index (χ2v) is 7.09. The SMILES string of the molecule is CC(NC(=O)CNC(=O)c1ccccc1Cl)c1ccc2c(c1)CCCC2. The van der Waals surface area contributed by atoms with Crippen LogP contribution < -0.4 is 10.6 Å². The van der Waals surface area contributed by atoms with Crippen molar-refractivity contribution in [1.29, 1.82) is 0 Å². The number of hydrogen-bond acceptors (Lipinski definition) is 2. The highest BCUT2D eigenvalue weighted by atomic mass is 35.5. The maximum absolute atomic E-state index is 12.2. The van der Waals surface area contributed by atoms with Crippen LogP contribution in [0, 0.1) is 0 Å². The van der Waals surface area contributed by atoms with Gasteiger partial charge in [0, 0.05) is 0 Å². The van der Waals surface area contributed by atoms with Crippen LogP contribution in [0.1, 0.15) is 52.9 Å². The molecular formula is C21H23ClN2O2. The minimum atomic E-state index is -0.354. The molecule has 0 saturated carbocycles. The second kappa shape index (κ2) is 8.37. The summed E-state index contributed by atoms with van der Waals surface area (Å²) in [5.74, 6) is -0.581. The maximum atomic E-state index is 12.2. The Bertz CT molecular complexity index is 819. The second-order valence-electron chi connectivity index (χ2n) is 6.69. The minimum absolute atomic E-state index is 0.0840. The predicted octanol–water partition coefficient (Wildman–Crippen LogP) is 3.83. The van der Waals surface area contributed by atoms with Crippen LogP contribution in [0.5, 0.6) is 0 Å². The lowest BCUT2D eigenvalue weighted by atomic mass is 9.89. The number of aryl methyl sites for hydroxylation is 2. The van der Waals surface area contributed by atoms with Crippen LogP contribution in [-0.4, -0.2) is 18.4 Å². The lowest BCUT2D eigenvalue weighted by Gasteiger charge is -2.20. The van der Waals surface area contributed by atoms with Crippen molar-refractivity contribution < 1.29 is 9.59 Å². The highest BCUT2D eigenvalue weighted by molar-refractivity contribution is 6.33. The van der Waals surface area contributed by atoms with E-state index in [0.29, 0.717) is 10.6 Å². The normalized spacial score (nSPS) is 14.2. The summed E-state index contributed by atoms with van der Waals surface area (Å²) < 4.78 is 0. The Labute approximate surface area is 158 Å². The number of halogens is 1. The molecule has 0 bridgehead atoms. The lowest BCUT2D eigenvalue weighted by molar-refractivity contribution is -0.120. The molecule has 2 N–H and O–H groups in total. The molecule has 0 heterocycles. The molecule has 1 unspecified atom stereocenters. The van der Waals surface area contributed by atoms with Crippen LogP contribution in [0.15, 0.2) is 42.5 Å². The van der Waals surface area contributed by atoms with Gasteiger partial charge in [-0.15, -0.1) is 0 Å². The molecular weight excluding hydrogens is 348 g/mol. The van der Waals surface area contributed by atoms with E-state index in [0.717, 1.165) is 18.4 Å². The molecule has 1 aliphatic rings. The third-order valence-electron chi connectivity index (χ3n) is 4.78. The van der Waals surface area contributed by atoms with E-state index >= 15 is 0 Å². The molecule has 2 amide bonds. The number of fused-ring (bicyclic) bond motifs is 1. The summed E-state index contributed by atoms with van der Waals surface area (Å²) in [4.78, 5) is 24.3. The van der Waals surface area contributed by atoms with Gasteiger partial charge in [0.1, 0.15) is 0 Å². The Hall–Kier alpha value is -2.33. The van der Waals surface area contributed by atoms with Crippen LogP contribution in [-0.2, 0) is 17.6 Å². The van der Waals surface area contributed by atoms with Crippen LogP contribution in [0.3, 0.4) is 0 Å². The van der Waals surface area contributed by atoms with Crippen LogP contribution in [0.4, 0.5) is 0 Å². The number of amides is 2. The molecule has 0 fully saturated rings. The van der Waals surface area contributed by atoms with E-state index < -0.39 is 0 Å². The number of nitrogens with one attached hydrogen (secondary N) is 2. The molecule has 0 aliphatic heterocycles. The van der Waals surface area contributed by atoms with Crippen LogP contribution in [0.25, 0.3) is 0 Å². The summed E-state index contributed by atoms with van der Waals surface area (Å²) in [6.07, 6.45) is 4.73. The summed E-state index contributed by atoms with van der Waals surface area (Å²) in [6, 6.07) is 13.1. The first-order chi connectivity index (χ1) is 12.5. The van der Waals surface area contributed by atoms with Gasteiger partial charge in [0.05, 0.1) is 23.2 Å².